The molecule has 1 aromatic rings. The molecule has 0 spiro atoms. The predicted molar refractivity (Wildman–Crippen MR) is 77.3 cm³/mol. The van der Waals surface area contributed by atoms with Crippen LogP contribution in [-0.4, -0.2) is 27.3 Å². The number of hydrogen-bond donors (Lipinski definition) is 0. The molecule has 0 bridgehead atoms. The summed E-state index contributed by atoms with van der Waals surface area (Å²) < 4.78 is 4.50. The van der Waals surface area contributed by atoms with Gasteiger partial charge in [0, 0.05) is 34.9 Å². The monoisotopic (exact) mass is 317 g/mol. The molecule has 0 radical (unpaired) electrons. The van der Waals surface area contributed by atoms with Gasteiger partial charge in [0.2, 0.25) is 5.13 Å². The summed E-state index contributed by atoms with van der Waals surface area (Å²) in [7, 11) is 0. The lowest BCUT2D eigenvalue weighted by Gasteiger charge is -2.24. The van der Waals surface area contributed by atoms with Gasteiger partial charge in [0.05, 0.1) is 0 Å². The van der Waals surface area contributed by atoms with E-state index in [0.29, 0.717) is 6.04 Å². The second-order valence-electron chi connectivity index (χ2n) is 5.83. The molecular formula is C12H20BrN3S. The smallest absolute Gasteiger partial charge is 0.205 e. The van der Waals surface area contributed by atoms with Crippen molar-refractivity contribution < 1.29 is 0 Å². The second-order valence-corrected chi connectivity index (χ2v) is 7.21. The summed E-state index contributed by atoms with van der Waals surface area (Å²) in [4.78, 5) is 7.12. The number of alkyl halides is 1. The van der Waals surface area contributed by atoms with E-state index in [-0.39, 0.29) is 5.41 Å². The maximum Gasteiger partial charge on any atom is 0.205 e. The van der Waals surface area contributed by atoms with Gasteiger partial charge in [0.1, 0.15) is 5.82 Å². The Kier molecular flexibility index (Phi) is 3.78. The lowest BCUT2D eigenvalue weighted by atomic mass is 9.96. The van der Waals surface area contributed by atoms with E-state index >= 15 is 0 Å². The van der Waals surface area contributed by atoms with Gasteiger partial charge in [0.15, 0.2) is 0 Å². The molecule has 5 heteroatoms. The summed E-state index contributed by atoms with van der Waals surface area (Å²) in [6, 6.07) is 0.566. The van der Waals surface area contributed by atoms with Crippen LogP contribution < -0.4 is 4.90 Å². The molecule has 3 nitrogen and oxygen atoms in total. The molecule has 0 aromatic carbocycles. The highest BCUT2D eigenvalue weighted by molar-refractivity contribution is 9.09. The van der Waals surface area contributed by atoms with Gasteiger partial charge < -0.3 is 4.90 Å². The standard InChI is InChI=1S/C12H20BrN3S/c1-8-5-6-16(9(8)7-13)11-14-10(15-17-11)12(2,3)4/h8-9H,5-7H2,1-4H3. The Hall–Kier alpha value is -0.160. The quantitative estimate of drug-likeness (QED) is 0.782. The zero-order valence-corrected chi connectivity index (χ0v) is 13.3. The fourth-order valence-electron chi connectivity index (χ4n) is 2.12. The molecule has 0 saturated carbocycles. The number of hydrogen-bond acceptors (Lipinski definition) is 4. The van der Waals surface area contributed by atoms with Crippen molar-refractivity contribution in [3.05, 3.63) is 5.82 Å². The maximum atomic E-state index is 4.71. The Morgan fingerprint density at radius 3 is 2.71 bits per heavy atom. The van der Waals surface area contributed by atoms with Crippen LogP contribution in [0.3, 0.4) is 0 Å². The summed E-state index contributed by atoms with van der Waals surface area (Å²) in [5.74, 6) is 1.70. The number of anilines is 1. The number of halogens is 1. The third kappa shape index (κ3) is 2.65. The van der Waals surface area contributed by atoms with Gasteiger partial charge in [-0.25, -0.2) is 4.98 Å². The normalized spacial score (nSPS) is 25.6. The van der Waals surface area contributed by atoms with Crippen LogP contribution in [0.4, 0.5) is 5.13 Å². The molecule has 0 amide bonds. The molecule has 1 fully saturated rings. The minimum absolute atomic E-state index is 0.0456. The molecule has 0 aliphatic carbocycles. The molecule has 1 aliphatic rings. The molecule has 96 valence electrons. The molecular weight excluding hydrogens is 298 g/mol. The van der Waals surface area contributed by atoms with Crippen molar-refractivity contribution in [1.29, 1.82) is 0 Å². The van der Waals surface area contributed by atoms with Gasteiger partial charge in [0.25, 0.3) is 0 Å². The van der Waals surface area contributed by atoms with E-state index < -0.39 is 0 Å². The van der Waals surface area contributed by atoms with E-state index in [4.69, 9.17) is 4.98 Å². The first-order valence-electron chi connectivity index (χ1n) is 6.10. The first kappa shape index (κ1) is 13.3. The molecule has 2 unspecified atom stereocenters. The minimum atomic E-state index is 0.0456. The fraction of sp³-hybridized carbons (Fsp3) is 0.833. The van der Waals surface area contributed by atoms with E-state index in [2.05, 4.69) is 52.9 Å². The number of aromatic nitrogens is 2. The van der Waals surface area contributed by atoms with Crippen LogP contribution >= 0.6 is 27.5 Å². The summed E-state index contributed by atoms with van der Waals surface area (Å²) >= 11 is 5.15. The Bertz CT molecular complexity index is 385. The Balaban J connectivity index is 2.21. The highest BCUT2D eigenvalue weighted by Gasteiger charge is 2.33. The van der Waals surface area contributed by atoms with E-state index in [9.17, 15) is 0 Å². The predicted octanol–water partition coefficient (Wildman–Crippen LogP) is 3.45. The van der Waals surface area contributed by atoms with Gasteiger partial charge in [-0.1, -0.05) is 43.6 Å². The SMILES string of the molecule is CC1CCN(c2nc(C(C)(C)C)ns2)C1CBr. The van der Waals surface area contributed by atoms with Crippen LogP contribution in [0.5, 0.6) is 0 Å². The van der Waals surface area contributed by atoms with E-state index in [1.165, 1.54) is 18.0 Å². The average molecular weight is 318 g/mol. The van der Waals surface area contributed by atoms with Crippen LogP contribution in [0.15, 0.2) is 0 Å². The highest BCUT2D eigenvalue weighted by Crippen LogP contribution is 2.33. The third-order valence-electron chi connectivity index (χ3n) is 3.37. The number of rotatable bonds is 2. The largest absolute Gasteiger partial charge is 0.343 e. The summed E-state index contributed by atoms with van der Waals surface area (Å²) in [6.07, 6.45) is 1.25. The molecule has 17 heavy (non-hydrogen) atoms. The number of nitrogens with zero attached hydrogens (tertiary/aromatic N) is 3. The molecule has 1 saturated heterocycles. The van der Waals surface area contributed by atoms with Crippen molar-refractivity contribution in [2.75, 3.05) is 16.8 Å². The average Bonchev–Trinajstić information content (AvgIpc) is 2.82. The summed E-state index contributed by atoms with van der Waals surface area (Å²) in [6.45, 7) is 9.90. The summed E-state index contributed by atoms with van der Waals surface area (Å²) in [5, 5.41) is 2.10. The van der Waals surface area contributed by atoms with Gasteiger partial charge in [-0.05, 0) is 12.3 Å². The van der Waals surface area contributed by atoms with Gasteiger partial charge in [-0.3, -0.25) is 0 Å². The van der Waals surface area contributed by atoms with Crippen molar-refractivity contribution >= 4 is 32.6 Å². The zero-order chi connectivity index (χ0) is 12.6. The minimum Gasteiger partial charge on any atom is -0.343 e. The van der Waals surface area contributed by atoms with E-state index in [1.54, 1.807) is 0 Å². The van der Waals surface area contributed by atoms with Gasteiger partial charge in [-0.2, -0.15) is 4.37 Å². The zero-order valence-electron chi connectivity index (χ0n) is 10.9. The lowest BCUT2D eigenvalue weighted by Crippen LogP contribution is -2.33. The third-order valence-corrected chi connectivity index (χ3v) is 4.79. The van der Waals surface area contributed by atoms with E-state index in [0.717, 1.165) is 28.7 Å². The first-order valence-corrected chi connectivity index (χ1v) is 7.99. The fourth-order valence-corrected chi connectivity index (χ4v) is 4.05. The van der Waals surface area contributed by atoms with Gasteiger partial charge >= 0.3 is 0 Å². The van der Waals surface area contributed by atoms with Crippen LogP contribution in [0.25, 0.3) is 0 Å². The van der Waals surface area contributed by atoms with Crippen molar-refractivity contribution in [2.45, 2.75) is 45.6 Å². The molecule has 2 atom stereocenters. The van der Waals surface area contributed by atoms with Crippen molar-refractivity contribution in [3.8, 4) is 0 Å². The van der Waals surface area contributed by atoms with Crippen molar-refractivity contribution in [1.82, 2.24) is 9.36 Å². The van der Waals surface area contributed by atoms with Crippen LogP contribution in [0.1, 0.15) is 39.9 Å². The second kappa shape index (κ2) is 4.84. The van der Waals surface area contributed by atoms with Crippen LogP contribution in [0.2, 0.25) is 0 Å². The molecule has 1 aliphatic heterocycles. The first-order chi connectivity index (χ1) is 7.93. The van der Waals surface area contributed by atoms with Crippen molar-refractivity contribution in [2.24, 2.45) is 5.92 Å². The molecule has 1 aromatic heterocycles. The maximum absolute atomic E-state index is 4.71. The van der Waals surface area contributed by atoms with Crippen molar-refractivity contribution in [3.63, 3.8) is 0 Å². The Labute approximate surface area is 116 Å². The summed E-state index contributed by atoms with van der Waals surface area (Å²) in [5.41, 5.74) is 0.0456. The van der Waals surface area contributed by atoms with Crippen LogP contribution in [-0.2, 0) is 5.41 Å². The van der Waals surface area contributed by atoms with E-state index in [1.807, 2.05) is 0 Å². The molecule has 0 N–H and O–H groups in total. The topological polar surface area (TPSA) is 29.0 Å². The highest BCUT2D eigenvalue weighted by atomic mass is 79.9. The Morgan fingerprint density at radius 1 is 1.47 bits per heavy atom. The Morgan fingerprint density at radius 2 is 2.18 bits per heavy atom. The molecule has 2 heterocycles. The van der Waals surface area contributed by atoms with Crippen LogP contribution in [0, 0.1) is 5.92 Å². The molecule has 2 rings (SSSR count). The lowest BCUT2D eigenvalue weighted by molar-refractivity contribution is 0.545. The van der Waals surface area contributed by atoms with Gasteiger partial charge in [-0.15, -0.1) is 0 Å².